The summed E-state index contributed by atoms with van der Waals surface area (Å²) in [7, 11) is 0. The maximum atomic E-state index is 11.3. The number of aromatic nitrogens is 1. The zero-order valence-electron chi connectivity index (χ0n) is 10.1. The molecule has 19 heavy (non-hydrogen) atoms. The number of thiazole rings is 1. The Morgan fingerprint density at radius 1 is 1.37 bits per heavy atom. The van der Waals surface area contributed by atoms with Crippen LogP contribution in [0.5, 0.6) is 11.5 Å². The average molecular weight is 296 g/mol. The highest BCUT2D eigenvalue weighted by Crippen LogP contribution is 2.41. The second kappa shape index (κ2) is 4.83. The van der Waals surface area contributed by atoms with Crippen LogP contribution in [0.25, 0.3) is 10.6 Å². The standard InChI is InChI=1S/C13H10ClNO3S/c1-7(16)10-6-19-13(15-10)8-4-9(14)12-11(5-8)17-2-3-18-12/h4-6H,2-3H2,1H3. The fourth-order valence-corrected chi connectivity index (χ4v) is 2.91. The van der Waals surface area contributed by atoms with Crippen molar-refractivity contribution in [1.29, 1.82) is 0 Å². The second-order valence-electron chi connectivity index (χ2n) is 4.08. The Kier molecular flexibility index (Phi) is 3.16. The molecule has 0 aliphatic carbocycles. The van der Waals surface area contributed by atoms with Gasteiger partial charge in [-0.1, -0.05) is 11.6 Å². The highest BCUT2D eigenvalue weighted by atomic mass is 35.5. The molecule has 1 aliphatic heterocycles. The molecule has 0 saturated heterocycles. The summed E-state index contributed by atoms with van der Waals surface area (Å²) in [4.78, 5) is 15.5. The zero-order valence-corrected chi connectivity index (χ0v) is 11.7. The van der Waals surface area contributed by atoms with E-state index >= 15 is 0 Å². The van der Waals surface area contributed by atoms with E-state index in [1.807, 2.05) is 6.07 Å². The minimum absolute atomic E-state index is 0.0499. The summed E-state index contributed by atoms with van der Waals surface area (Å²) in [6, 6.07) is 3.61. The number of nitrogens with zero attached hydrogens (tertiary/aromatic N) is 1. The van der Waals surface area contributed by atoms with Gasteiger partial charge < -0.3 is 9.47 Å². The van der Waals surface area contributed by atoms with Gasteiger partial charge in [0.05, 0.1) is 5.02 Å². The van der Waals surface area contributed by atoms with Crippen LogP contribution < -0.4 is 9.47 Å². The summed E-state index contributed by atoms with van der Waals surface area (Å²) < 4.78 is 11.0. The lowest BCUT2D eigenvalue weighted by Gasteiger charge is -2.19. The molecule has 0 N–H and O–H groups in total. The van der Waals surface area contributed by atoms with Crippen LogP contribution in [-0.4, -0.2) is 24.0 Å². The predicted molar refractivity (Wildman–Crippen MR) is 73.6 cm³/mol. The molecular weight excluding hydrogens is 286 g/mol. The number of ether oxygens (including phenoxy) is 2. The number of Topliss-reactive ketones (excluding diaryl/α,β-unsaturated/α-hetero) is 1. The second-order valence-corrected chi connectivity index (χ2v) is 5.34. The van der Waals surface area contributed by atoms with Crippen molar-refractivity contribution in [2.45, 2.75) is 6.92 Å². The van der Waals surface area contributed by atoms with Gasteiger partial charge in [-0.15, -0.1) is 11.3 Å². The number of carbonyl (C=O) groups excluding carboxylic acids is 1. The minimum Gasteiger partial charge on any atom is -0.486 e. The zero-order chi connectivity index (χ0) is 13.4. The first-order chi connectivity index (χ1) is 9.15. The van der Waals surface area contributed by atoms with Crippen LogP contribution in [0.4, 0.5) is 0 Å². The SMILES string of the molecule is CC(=O)c1csc(-c2cc(Cl)c3c(c2)OCCO3)n1. The molecule has 3 rings (SSSR count). The molecule has 0 atom stereocenters. The molecule has 2 heterocycles. The molecule has 0 spiro atoms. The van der Waals surface area contributed by atoms with Crippen LogP contribution in [-0.2, 0) is 0 Å². The maximum absolute atomic E-state index is 11.3. The molecule has 0 fully saturated rings. The lowest BCUT2D eigenvalue weighted by molar-refractivity contribution is 0.101. The Hall–Kier alpha value is -1.59. The largest absolute Gasteiger partial charge is 0.486 e. The average Bonchev–Trinajstić information content (AvgIpc) is 2.88. The summed E-state index contributed by atoms with van der Waals surface area (Å²) in [6.07, 6.45) is 0. The Balaban J connectivity index is 2.05. The van der Waals surface area contributed by atoms with Crippen LogP contribution in [0.1, 0.15) is 17.4 Å². The highest BCUT2D eigenvalue weighted by Gasteiger charge is 2.18. The van der Waals surface area contributed by atoms with Crippen LogP contribution in [0.3, 0.4) is 0 Å². The van der Waals surface area contributed by atoms with Gasteiger partial charge in [0.15, 0.2) is 17.3 Å². The van der Waals surface area contributed by atoms with Gasteiger partial charge in [0.25, 0.3) is 0 Å². The fourth-order valence-electron chi connectivity index (χ4n) is 1.80. The number of fused-ring (bicyclic) bond motifs is 1. The third-order valence-electron chi connectivity index (χ3n) is 2.71. The van der Waals surface area contributed by atoms with Crippen LogP contribution in [0.2, 0.25) is 5.02 Å². The van der Waals surface area contributed by atoms with E-state index in [-0.39, 0.29) is 5.78 Å². The number of hydrogen-bond donors (Lipinski definition) is 0. The lowest BCUT2D eigenvalue weighted by Crippen LogP contribution is -2.15. The molecule has 0 unspecified atom stereocenters. The van der Waals surface area contributed by atoms with Gasteiger partial charge in [-0.05, 0) is 12.1 Å². The summed E-state index contributed by atoms with van der Waals surface area (Å²) >= 11 is 7.57. The van der Waals surface area contributed by atoms with Crippen LogP contribution >= 0.6 is 22.9 Å². The van der Waals surface area contributed by atoms with Crippen molar-refractivity contribution in [1.82, 2.24) is 4.98 Å². The van der Waals surface area contributed by atoms with Crippen molar-refractivity contribution in [3.63, 3.8) is 0 Å². The molecule has 1 aromatic carbocycles. The van der Waals surface area contributed by atoms with Gasteiger partial charge in [-0.3, -0.25) is 4.79 Å². The summed E-state index contributed by atoms with van der Waals surface area (Å²) in [5, 5.41) is 2.97. The minimum atomic E-state index is -0.0499. The molecule has 98 valence electrons. The van der Waals surface area contributed by atoms with E-state index in [4.69, 9.17) is 21.1 Å². The molecular formula is C13H10ClNO3S. The van der Waals surface area contributed by atoms with E-state index < -0.39 is 0 Å². The molecule has 1 aliphatic rings. The van der Waals surface area contributed by atoms with Crippen molar-refractivity contribution in [2.75, 3.05) is 13.2 Å². The molecule has 0 bridgehead atoms. The number of rotatable bonds is 2. The van der Waals surface area contributed by atoms with Crippen molar-refractivity contribution < 1.29 is 14.3 Å². The predicted octanol–water partition coefficient (Wildman–Crippen LogP) is 3.44. The van der Waals surface area contributed by atoms with E-state index in [1.54, 1.807) is 11.4 Å². The van der Waals surface area contributed by atoms with Gasteiger partial charge in [-0.2, -0.15) is 0 Å². The highest BCUT2D eigenvalue weighted by molar-refractivity contribution is 7.13. The van der Waals surface area contributed by atoms with E-state index in [1.165, 1.54) is 18.3 Å². The molecule has 1 aromatic heterocycles. The number of hydrogen-bond acceptors (Lipinski definition) is 5. The van der Waals surface area contributed by atoms with E-state index in [2.05, 4.69) is 4.98 Å². The van der Waals surface area contributed by atoms with Crippen molar-refractivity contribution in [2.24, 2.45) is 0 Å². The molecule has 2 aromatic rings. The first-order valence-electron chi connectivity index (χ1n) is 5.71. The number of ketones is 1. The Morgan fingerprint density at radius 3 is 2.89 bits per heavy atom. The van der Waals surface area contributed by atoms with Crippen LogP contribution in [0, 0.1) is 0 Å². The molecule has 4 nitrogen and oxygen atoms in total. The molecule has 6 heteroatoms. The van der Waals surface area contributed by atoms with E-state index in [9.17, 15) is 4.79 Å². The first kappa shape index (κ1) is 12.4. The van der Waals surface area contributed by atoms with E-state index in [0.29, 0.717) is 35.4 Å². The topological polar surface area (TPSA) is 48.4 Å². The Morgan fingerprint density at radius 2 is 2.16 bits per heavy atom. The normalized spacial score (nSPS) is 13.4. The van der Waals surface area contributed by atoms with Gasteiger partial charge in [-0.25, -0.2) is 4.98 Å². The third kappa shape index (κ3) is 2.31. The smallest absolute Gasteiger partial charge is 0.179 e. The van der Waals surface area contributed by atoms with Gasteiger partial charge in [0.2, 0.25) is 0 Å². The summed E-state index contributed by atoms with van der Waals surface area (Å²) in [6.45, 7) is 2.50. The van der Waals surface area contributed by atoms with Crippen LogP contribution in [0.15, 0.2) is 17.5 Å². The summed E-state index contributed by atoms with van der Waals surface area (Å²) in [5.74, 6) is 1.14. The van der Waals surface area contributed by atoms with Crippen molar-refractivity contribution in [3.8, 4) is 22.1 Å². The van der Waals surface area contributed by atoms with Crippen molar-refractivity contribution >= 4 is 28.7 Å². The maximum Gasteiger partial charge on any atom is 0.179 e. The molecule has 0 saturated carbocycles. The van der Waals surface area contributed by atoms with Crippen molar-refractivity contribution in [3.05, 3.63) is 28.2 Å². The Labute approximate surface area is 118 Å². The fraction of sp³-hybridized carbons (Fsp3) is 0.231. The third-order valence-corrected chi connectivity index (χ3v) is 3.88. The number of halogens is 1. The molecule has 0 amide bonds. The monoisotopic (exact) mass is 295 g/mol. The number of benzene rings is 1. The van der Waals surface area contributed by atoms with Gasteiger partial charge in [0.1, 0.15) is 23.9 Å². The van der Waals surface area contributed by atoms with E-state index in [0.717, 1.165) is 10.6 Å². The Bertz CT molecular complexity index is 653. The first-order valence-corrected chi connectivity index (χ1v) is 6.97. The van der Waals surface area contributed by atoms with Gasteiger partial charge >= 0.3 is 0 Å². The van der Waals surface area contributed by atoms with Gasteiger partial charge in [0, 0.05) is 17.9 Å². The summed E-state index contributed by atoms with van der Waals surface area (Å²) in [5.41, 5.74) is 1.29. The quantitative estimate of drug-likeness (QED) is 0.796. The lowest BCUT2D eigenvalue weighted by atomic mass is 10.2. The number of carbonyl (C=O) groups is 1. The molecule has 0 radical (unpaired) electrons.